The van der Waals surface area contributed by atoms with E-state index in [0.29, 0.717) is 5.76 Å². The van der Waals surface area contributed by atoms with Crippen LogP contribution < -0.4 is 0 Å². The van der Waals surface area contributed by atoms with Gasteiger partial charge >= 0.3 is 0 Å². The minimum atomic E-state index is -0.531. The number of hydrogen-bond acceptors (Lipinski definition) is 2. The summed E-state index contributed by atoms with van der Waals surface area (Å²) in [6.45, 7) is 1.73. The lowest BCUT2D eigenvalue weighted by Gasteiger charge is -1.98. The highest BCUT2D eigenvalue weighted by molar-refractivity contribution is 6.07. The first-order valence-corrected chi connectivity index (χ1v) is 4.54. The van der Waals surface area contributed by atoms with Crippen LogP contribution in [-0.4, -0.2) is 5.78 Å². The molecule has 1 aromatic heterocycles. The highest BCUT2D eigenvalue weighted by Crippen LogP contribution is 2.15. The molecule has 0 saturated heterocycles. The fourth-order valence-corrected chi connectivity index (χ4v) is 1.33. The van der Waals surface area contributed by atoms with Crippen molar-refractivity contribution in [1.29, 1.82) is 0 Å². The lowest BCUT2D eigenvalue weighted by atomic mass is 10.1. The van der Waals surface area contributed by atoms with E-state index < -0.39 is 11.6 Å². The Bertz CT molecular complexity index is 500. The highest BCUT2D eigenvalue weighted by atomic mass is 19.1. The second kappa shape index (κ2) is 3.69. The van der Waals surface area contributed by atoms with Crippen molar-refractivity contribution in [2.45, 2.75) is 6.92 Å². The summed E-state index contributed by atoms with van der Waals surface area (Å²) in [4.78, 5) is 11.7. The molecule has 3 heteroatoms. The molecule has 0 aliphatic carbocycles. The van der Waals surface area contributed by atoms with Crippen molar-refractivity contribution in [2.24, 2.45) is 0 Å². The molecule has 0 spiro atoms. The molecule has 1 heterocycles. The fourth-order valence-electron chi connectivity index (χ4n) is 1.33. The summed E-state index contributed by atoms with van der Waals surface area (Å²) in [7, 11) is 0. The average molecular weight is 204 g/mol. The van der Waals surface area contributed by atoms with E-state index in [1.165, 1.54) is 12.1 Å². The summed E-state index contributed by atoms with van der Waals surface area (Å²) in [5.41, 5.74) is 0.0341. The normalized spacial score (nSPS) is 10.3. The standard InChI is InChI=1S/C12H9FO2/c1-8-6-7-11(15-8)12(14)9-4-2-3-5-10(9)13/h2-7H,1H3. The van der Waals surface area contributed by atoms with Gasteiger partial charge in [-0.05, 0) is 31.2 Å². The molecule has 0 radical (unpaired) electrons. The van der Waals surface area contributed by atoms with E-state index in [9.17, 15) is 9.18 Å². The topological polar surface area (TPSA) is 30.2 Å². The van der Waals surface area contributed by atoms with Crippen LogP contribution in [0.5, 0.6) is 0 Å². The van der Waals surface area contributed by atoms with Gasteiger partial charge in [0.1, 0.15) is 11.6 Å². The van der Waals surface area contributed by atoms with E-state index in [2.05, 4.69) is 0 Å². The molecule has 0 unspecified atom stereocenters. The maximum atomic E-state index is 13.3. The third-order valence-electron chi connectivity index (χ3n) is 2.08. The van der Waals surface area contributed by atoms with Crippen LogP contribution in [0.3, 0.4) is 0 Å². The molecule has 0 amide bonds. The average Bonchev–Trinajstić information content (AvgIpc) is 2.65. The van der Waals surface area contributed by atoms with Gasteiger partial charge in [-0.15, -0.1) is 0 Å². The minimum absolute atomic E-state index is 0.0341. The SMILES string of the molecule is Cc1ccc(C(=O)c2ccccc2F)o1. The highest BCUT2D eigenvalue weighted by Gasteiger charge is 2.16. The Morgan fingerprint density at radius 2 is 1.93 bits per heavy atom. The van der Waals surface area contributed by atoms with Crippen molar-refractivity contribution >= 4 is 5.78 Å². The smallest absolute Gasteiger partial charge is 0.231 e. The maximum absolute atomic E-state index is 13.3. The molecule has 15 heavy (non-hydrogen) atoms. The van der Waals surface area contributed by atoms with E-state index in [1.807, 2.05) is 0 Å². The molecular weight excluding hydrogens is 195 g/mol. The summed E-state index contributed by atoms with van der Waals surface area (Å²) in [6, 6.07) is 9.07. The quantitative estimate of drug-likeness (QED) is 0.704. The van der Waals surface area contributed by atoms with Gasteiger partial charge in [0.15, 0.2) is 5.76 Å². The number of halogens is 1. The Kier molecular flexibility index (Phi) is 2.37. The number of carbonyl (C=O) groups excluding carboxylic acids is 1. The van der Waals surface area contributed by atoms with Gasteiger partial charge in [0, 0.05) is 0 Å². The van der Waals surface area contributed by atoms with Gasteiger partial charge < -0.3 is 4.42 Å². The summed E-state index contributed by atoms with van der Waals surface area (Å²) in [5.74, 6) is -0.162. The molecular formula is C12H9FO2. The zero-order valence-corrected chi connectivity index (χ0v) is 8.16. The number of rotatable bonds is 2. The number of ketones is 1. The number of benzene rings is 1. The van der Waals surface area contributed by atoms with Gasteiger partial charge in [-0.25, -0.2) is 4.39 Å². The van der Waals surface area contributed by atoms with Crippen LogP contribution in [0, 0.1) is 12.7 Å². The van der Waals surface area contributed by atoms with Crippen LogP contribution >= 0.6 is 0 Å². The van der Waals surface area contributed by atoms with Gasteiger partial charge in [-0.3, -0.25) is 4.79 Å². The summed E-state index contributed by atoms with van der Waals surface area (Å²) < 4.78 is 18.4. The van der Waals surface area contributed by atoms with Crippen molar-refractivity contribution in [3.8, 4) is 0 Å². The van der Waals surface area contributed by atoms with Crippen molar-refractivity contribution < 1.29 is 13.6 Å². The van der Waals surface area contributed by atoms with Gasteiger partial charge in [-0.1, -0.05) is 12.1 Å². The molecule has 0 aliphatic heterocycles. The Morgan fingerprint density at radius 1 is 1.20 bits per heavy atom. The van der Waals surface area contributed by atoms with E-state index in [-0.39, 0.29) is 11.3 Å². The molecule has 0 atom stereocenters. The lowest BCUT2D eigenvalue weighted by molar-refractivity contribution is 0.100. The molecule has 0 N–H and O–H groups in total. The molecule has 0 aliphatic rings. The Balaban J connectivity index is 2.41. The van der Waals surface area contributed by atoms with E-state index in [0.717, 1.165) is 0 Å². The van der Waals surface area contributed by atoms with Crippen molar-refractivity contribution in [3.63, 3.8) is 0 Å². The monoisotopic (exact) mass is 204 g/mol. The molecule has 0 fully saturated rings. The molecule has 2 nitrogen and oxygen atoms in total. The zero-order valence-electron chi connectivity index (χ0n) is 8.16. The maximum Gasteiger partial charge on any atom is 0.231 e. The van der Waals surface area contributed by atoms with Crippen LogP contribution in [-0.2, 0) is 0 Å². The first-order chi connectivity index (χ1) is 7.18. The number of furan rings is 1. The third-order valence-corrected chi connectivity index (χ3v) is 2.08. The first-order valence-electron chi connectivity index (χ1n) is 4.54. The predicted molar refractivity (Wildman–Crippen MR) is 53.3 cm³/mol. The summed E-state index contributed by atoms with van der Waals surface area (Å²) in [6.07, 6.45) is 0. The van der Waals surface area contributed by atoms with Crippen LogP contribution in [0.4, 0.5) is 4.39 Å². The lowest BCUT2D eigenvalue weighted by Crippen LogP contribution is -2.02. The van der Waals surface area contributed by atoms with E-state index >= 15 is 0 Å². The van der Waals surface area contributed by atoms with Crippen molar-refractivity contribution in [1.82, 2.24) is 0 Å². The van der Waals surface area contributed by atoms with Gasteiger partial charge in [0.05, 0.1) is 5.56 Å². The minimum Gasteiger partial charge on any atom is -0.458 e. The summed E-state index contributed by atoms with van der Waals surface area (Å²) in [5, 5.41) is 0. The molecule has 2 aromatic rings. The number of hydrogen-bond donors (Lipinski definition) is 0. The van der Waals surface area contributed by atoms with Crippen LogP contribution in [0.2, 0.25) is 0 Å². The second-order valence-corrected chi connectivity index (χ2v) is 3.22. The predicted octanol–water partition coefficient (Wildman–Crippen LogP) is 2.96. The first kappa shape index (κ1) is 9.65. The van der Waals surface area contributed by atoms with Crippen molar-refractivity contribution in [2.75, 3.05) is 0 Å². The van der Waals surface area contributed by atoms with Gasteiger partial charge in [0.25, 0.3) is 0 Å². The molecule has 1 aromatic carbocycles. The van der Waals surface area contributed by atoms with E-state index in [4.69, 9.17) is 4.42 Å². The second-order valence-electron chi connectivity index (χ2n) is 3.22. The zero-order chi connectivity index (χ0) is 10.8. The number of aryl methyl sites for hydroxylation is 1. The summed E-state index contributed by atoms with van der Waals surface area (Å²) >= 11 is 0. The van der Waals surface area contributed by atoms with Crippen LogP contribution in [0.1, 0.15) is 21.9 Å². The third kappa shape index (κ3) is 1.81. The van der Waals surface area contributed by atoms with Crippen LogP contribution in [0.15, 0.2) is 40.8 Å². The van der Waals surface area contributed by atoms with Crippen molar-refractivity contribution in [3.05, 3.63) is 59.3 Å². The van der Waals surface area contributed by atoms with Gasteiger partial charge in [-0.2, -0.15) is 0 Å². The molecule has 0 saturated carbocycles. The largest absolute Gasteiger partial charge is 0.458 e. The Labute approximate surface area is 86.3 Å². The van der Waals surface area contributed by atoms with Gasteiger partial charge in [0.2, 0.25) is 5.78 Å². The Hall–Kier alpha value is -1.90. The Morgan fingerprint density at radius 3 is 2.53 bits per heavy atom. The number of carbonyl (C=O) groups is 1. The van der Waals surface area contributed by atoms with Crippen LogP contribution in [0.25, 0.3) is 0 Å². The molecule has 76 valence electrons. The molecule has 2 rings (SSSR count). The van der Waals surface area contributed by atoms with E-state index in [1.54, 1.807) is 31.2 Å². The molecule has 0 bridgehead atoms. The fraction of sp³-hybridized carbons (Fsp3) is 0.0833.